The summed E-state index contributed by atoms with van der Waals surface area (Å²) in [6.07, 6.45) is 1.74. The van der Waals surface area contributed by atoms with Crippen molar-refractivity contribution in [1.82, 2.24) is 20.4 Å². The second-order valence-corrected chi connectivity index (χ2v) is 5.84. The molecule has 3 heterocycles. The first-order valence-electron chi connectivity index (χ1n) is 7.15. The van der Waals surface area contributed by atoms with Crippen LogP contribution in [0.15, 0.2) is 21.3 Å². The Hall–Kier alpha value is -1.24. The van der Waals surface area contributed by atoms with Crippen molar-refractivity contribution in [2.24, 2.45) is 0 Å². The lowest BCUT2D eigenvalue weighted by atomic mass is 10.1. The Kier molecular flexibility index (Phi) is 4.44. The Labute approximate surface area is 123 Å². The topological polar surface area (TPSA) is 54.2 Å². The first kappa shape index (κ1) is 13.7. The van der Waals surface area contributed by atoms with E-state index >= 15 is 0 Å². The molecule has 2 aromatic heterocycles. The fraction of sp³-hybridized carbons (Fsp3) is 0.571. The highest BCUT2D eigenvalue weighted by atomic mass is 32.1. The van der Waals surface area contributed by atoms with Crippen molar-refractivity contribution in [2.45, 2.75) is 25.8 Å². The number of hydrogen-bond donors (Lipinski definition) is 1. The second kappa shape index (κ2) is 6.47. The van der Waals surface area contributed by atoms with Crippen LogP contribution in [0, 0.1) is 0 Å². The van der Waals surface area contributed by atoms with Crippen LogP contribution in [0.1, 0.15) is 36.7 Å². The van der Waals surface area contributed by atoms with Crippen LogP contribution in [0.2, 0.25) is 0 Å². The Balaban J connectivity index is 1.70. The fourth-order valence-electron chi connectivity index (χ4n) is 2.64. The van der Waals surface area contributed by atoms with E-state index in [0.29, 0.717) is 5.89 Å². The lowest BCUT2D eigenvalue weighted by Crippen LogP contribution is -2.45. The van der Waals surface area contributed by atoms with Crippen LogP contribution in [-0.4, -0.2) is 41.2 Å². The molecule has 6 heteroatoms. The van der Waals surface area contributed by atoms with Crippen molar-refractivity contribution in [3.63, 3.8) is 0 Å². The van der Waals surface area contributed by atoms with Gasteiger partial charge in [0.25, 0.3) is 0 Å². The maximum Gasteiger partial charge on any atom is 0.231 e. The molecule has 1 fully saturated rings. The summed E-state index contributed by atoms with van der Waals surface area (Å²) in [5.41, 5.74) is 1.24. The van der Waals surface area contributed by atoms with E-state index in [-0.39, 0.29) is 6.04 Å². The van der Waals surface area contributed by atoms with E-state index in [4.69, 9.17) is 4.52 Å². The van der Waals surface area contributed by atoms with Gasteiger partial charge in [-0.2, -0.15) is 16.3 Å². The summed E-state index contributed by atoms with van der Waals surface area (Å²) in [5.74, 6) is 1.55. The van der Waals surface area contributed by atoms with Crippen LogP contribution in [0.4, 0.5) is 0 Å². The number of nitrogens with one attached hydrogen (secondary N) is 1. The predicted octanol–water partition coefficient (Wildman–Crippen LogP) is 2.08. The summed E-state index contributed by atoms with van der Waals surface area (Å²) in [7, 11) is 0. The Morgan fingerprint density at radius 2 is 2.30 bits per heavy atom. The zero-order valence-electron chi connectivity index (χ0n) is 11.7. The monoisotopic (exact) mass is 292 g/mol. The first-order chi connectivity index (χ1) is 9.86. The SMILES string of the molecule is CCC(c1noc(Cc2ccsc2)n1)N1CCNCC1. The van der Waals surface area contributed by atoms with Crippen LogP contribution in [0.3, 0.4) is 0 Å². The molecule has 1 aliphatic rings. The summed E-state index contributed by atoms with van der Waals surface area (Å²) in [4.78, 5) is 7.04. The molecule has 0 saturated carbocycles. The van der Waals surface area contributed by atoms with Gasteiger partial charge in [-0.15, -0.1) is 0 Å². The number of rotatable bonds is 5. The standard InChI is InChI=1S/C14H20N4OS/c1-2-12(18-6-4-15-5-7-18)14-16-13(19-17-14)9-11-3-8-20-10-11/h3,8,10,12,15H,2,4-7,9H2,1H3. The molecule has 0 spiro atoms. The zero-order valence-corrected chi connectivity index (χ0v) is 12.5. The highest BCUT2D eigenvalue weighted by molar-refractivity contribution is 7.07. The normalized spacial score (nSPS) is 18.2. The summed E-state index contributed by atoms with van der Waals surface area (Å²) < 4.78 is 5.41. The molecule has 0 bridgehead atoms. The van der Waals surface area contributed by atoms with Gasteiger partial charge in [0.1, 0.15) is 0 Å². The Morgan fingerprint density at radius 1 is 1.45 bits per heavy atom. The molecule has 1 N–H and O–H groups in total. The number of aromatic nitrogens is 2. The molecule has 0 amide bonds. The highest BCUT2D eigenvalue weighted by Gasteiger charge is 2.24. The minimum atomic E-state index is 0.275. The summed E-state index contributed by atoms with van der Waals surface area (Å²) >= 11 is 1.69. The molecule has 108 valence electrons. The van der Waals surface area contributed by atoms with E-state index in [2.05, 4.69) is 44.1 Å². The lowest BCUT2D eigenvalue weighted by molar-refractivity contribution is 0.160. The Morgan fingerprint density at radius 3 is 3.00 bits per heavy atom. The van der Waals surface area contributed by atoms with Gasteiger partial charge in [-0.3, -0.25) is 4.90 Å². The van der Waals surface area contributed by atoms with Crippen LogP contribution in [0.25, 0.3) is 0 Å². The van der Waals surface area contributed by atoms with Crippen molar-refractivity contribution < 1.29 is 4.52 Å². The number of thiophene rings is 1. The maximum absolute atomic E-state index is 5.41. The van der Waals surface area contributed by atoms with Crippen LogP contribution >= 0.6 is 11.3 Å². The van der Waals surface area contributed by atoms with Gasteiger partial charge in [0.2, 0.25) is 5.89 Å². The largest absolute Gasteiger partial charge is 0.339 e. The molecule has 0 radical (unpaired) electrons. The van der Waals surface area contributed by atoms with Gasteiger partial charge in [-0.25, -0.2) is 0 Å². The maximum atomic E-state index is 5.41. The molecular formula is C14H20N4OS. The van der Waals surface area contributed by atoms with Gasteiger partial charge in [0.05, 0.1) is 12.5 Å². The van der Waals surface area contributed by atoms with Gasteiger partial charge >= 0.3 is 0 Å². The Bertz CT molecular complexity index is 519. The van der Waals surface area contributed by atoms with E-state index in [1.807, 2.05) is 0 Å². The summed E-state index contributed by atoms with van der Waals surface area (Å²) in [6.45, 7) is 6.35. The average Bonchev–Trinajstić information content (AvgIpc) is 3.14. The number of piperazine rings is 1. The molecule has 2 aromatic rings. The van der Waals surface area contributed by atoms with Crippen molar-refractivity contribution in [1.29, 1.82) is 0 Å². The average molecular weight is 292 g/mol. The van der Waals surface area contributed by atoms with Gasteiger partial charge in [0, 0.05) is 26.2 Å². The van der Waals surface area contributed by atoms with E-state index in [1.165, 1.54) is 5.56 Å². The highest BCUT2D eigenvalue weighted by Crippen LogP contribution is 2.22. The molecule has 1 atom stereocenters. The molecule has 1 saturated heterocycles. The molecule has 0 aliphatic carbocycles. The zero-order chi connectivity index (χ0) is 13.8. The summed E-state index contributed by atoms with van der Waals surface area (Å²) in [6, 6.07) is 2.37. The molecule has 3 rings (SSSR count). The predicted molar refractivity (Wildman–Crippen MR) is 78.9 cm³/mol. The van der Waals surface area contributed by atoms with E-state index in [0.717, 1.165) is 44.8 Å². The minimum Gasteiger partial charge on any atom is -0.339 e. The third kappa shape index (κ3) is 3.08. The van der Waals surface area contributed by atoms with Crippen molar-refractivity contribution >= 4 is 11.3 Å². The van der Waals surface area contributed by atoms with E-state index in [1.54, 1.807) is 11.3 Å². The number of hydrogen-bond acceptors (Lipinski definition) is 6. The molecule has 20 heavy (non-hydrogen) atoms. The minimum absolute atomic E-state index is 0.275. The van der Waals surface area contributed by atoms with Crippen LogP contribution in [-0.2, 0) is 6.42 Å². The van der Waals surface area contributed by atoms with Crippen molar-refractivity contribution in [3.8, 4) is 0 Å². The molecule has 5 nitrogen and oxygen atoms in total. The number of nitrogens with zero attached hydrogens (tertiary/aromatic N) is 3. The quantitative estimate of drug-likeness (QED) is 0.914. The second-order valence-electron chi connectivity index (χ2n) is 5.06. The van der Waals surface area contributed by atoms with Gasteiger partial charge in [-0.1, -0.05) is 12.1 Å². The van der Waals surface area contributed by atoms with E-state index in [9.17, 15) is 0 Å². The van der Waals surface area contributed by atoms with E-state index < -0.39 is 0 Å². The van der Waals surface area contributed by atoms with Gasteiger partial charge < -0.3 is 9.84 Å². The van der Waals surface area contributed by atoms with Gasteiger partial charge in [0.15, 0.2) is 5.82 Å². The molecular weight excluding hydrogens is 272 g/mol. The molecule has 0 aromatic carbocycles. The molecule has 1 unspecified atom stereocenters. The van der Waals surface area contributed by atoms with Crippen molar-refractivity contribution in [3.05, 3.63) is 34.1 Å². The van der Waals surface area contributed by atoms with Crippen LogP contribution < -0.4 is 5.32 Å². The first-order valence-corrected chi connectivity index (χ1v) is 8.09. The lowest BCUT2D eigenvalue weighted by Gasteiger charge is -2.32. The third-order valence-corrected chi connectivity index (χ3v) is 4.43. The van der Waals surface area contributed by atoms with Crippen molar-refractivity contribution in [2.75, 3.05) is 26.2 Å². The smallest absolute Gasteiger partial charge is 0.231 e. The summed E-state index contributed by atoms with van der Waals surface area (Å²) in [5, 5.41) is 11.8. The fourth-order valence-corrected chi connectivity index (χ4v) is 3.31. The van der Waals surface area contributed by atoms with Gasteiger partial charge in [-0.05, 0) is 28.8 Å². The third-order valence-electron chi connectivity index (χ3n) is 3.70. The molecule has 1 aliphatic heterocycles. The van der Waals surface area contributed by atoms with Crippen LogP contribution in [0.5, 0.6) is 0 Å².